The summed E-state index contributed by atoms with van der Waals surface area (Å²) in [5.74, 6) is 0.524. The van der Waals surface area contributed by atoms with E-state index in [-0.39, 0.29) is 18.0 Å². The number of benzene rings is 1. The summed E-state index contributed by atoms with van der Waals surface area (Å²) in [6.45, 7) is 2.77. The van der Waals surface area contributed by atoms with Crippen molar-refractivity contribution >= 4 is 11.9 Å². The third-order valence-corrected chi connectivity index (χ3v) is 5.15. The maximum absolute atomic E-state index is 12.9. The number of aromatic nitrogens is 1. The quantitative estimate of drug-likeness (QED) is 0.828. The smallest absolute Gasteiger partial charge is 0.320 e. The van der Waals surface area contributed by atoms with Crippen LogP contribution in [0.4, 0.5) is 4.79 Å². The van der Waals surface area contributed by atoms with E-state index in [0.717, 1.165) is 5.56 Å². The highest BCUT2D eigenvalue weighted by molar-refractivity contribution is 5.97. The molecule has 2 aliphatic heterocycles. The summed E-state index contributed by atoms with van der Waals surface area (Å²) in [6.07, 6.45) is 3.50. The molecule has 1 aromatic carbocycles. The van der Waals surface area contributed by atoms with Gasteiger partial charge in [-0.2, -0.15) is 0 Å². The highest BCUT2D eigenvalue weighted by Gasteiger charge is 2.41. The van der Waals surface area contributed by atoms with E-state index < -0.39 is 0 Å². The molecular formula is C20H22N4O3. The highest BCUT2D eigenvalue weighted by atomic mass is 16.5. The van der Waals surface area contributed by atoms with Crippen LogP contribution in [0.5, 0.6) is 5.75 Å². The fourth-order valence-corrected chi connectivity index (χ4v) is 3.80. The van der Waals surface area contributed by atoms with Crippen molar-refractivity contribution in [2.75, 3.05) is 33.3 Å². The summed E-state index contributed by atoms with van der Waals surface area (Å²) in [5, 5.41) is 0. The molecule has 0 radical (unpaired) electrons. The Morgan fingerprint density at radius 2 is 2.04 bits per heavy atom. The number of hydrogen-bond donors (Lipinski definition) is 0. The second kappa shape index (κ2) is 7.26. The fraction of sp³-hybridized carbons (Fsp3) is 0.350. The predicted octanol–water partition coefficient (Wildman–Crippen LogP) is 1.85. The van der Waals surface area contributed by atoms with Crippen molar-refractivity contribution < 1.29 is 14.3 Å². The van der Waals surface area contributed by atoms with Gasteiger partial charge in [0.1, 0.15) is 5.75 Å². The first-order valence-electron chi connectivity index (χ1n) is 9.04. The lowest BCUT2D eigenvalue weighted by Crippen LogP contribution is -2.53. The van der Waals surface area contributed by atoms with E-state index >= 15 is 0 Å². The Kier molecular flexibility index (Phi) is 4.66. The molecule has 0 aliphatic carbocycles. The van der Waals surface area contributed by atoms with Crippen LogP contribution in [0.2, 0.25) is 0 Å². The van der Waals surface area contributed by atoms with Crippen LogP contribution in [0.1, 0.15) is 15.9 Å². The average molecular weight is 366 g/mol. The van der Waals surface area contributed by atoms with Gasteiger partial charge in [0, 0.05) is 45.1 Å². The number of para-hydroxylation sites is 1. The van der Waals surface area contributed by atoms with Gasteiger partial charge >= 0.3 is 6.03 Å². The molecule has 2 aromatic rings. The fourth-order valence-electron chi connectivity index (χ4n) is 3.80. The lowest BCUT2D eigenvalue weighted by molar-refractivity contribution is 0.0613. The van der Waals surface area contributed by atoms with Crippen LogP contribution in [0.25, 0.3) is 0 Å². The van der Waals surface area contributed by atoms with Crippen molar-refractivity contribution in [3.8, 4) is 5.75 Å². The van der Waals surface area contributed by atoms with Crippen LogP contribution in [0.3, 0.4) is 0 Å². The minimum absolute atomic E-state index is 0.0154. The van der Waals surface area contributed by atoms with E-state index in [1.807, 2.05) is 39.0 Å². The van der Waals surface area contributed by atoms with E-state index in [9.17, 15) is 9.59 Å². The molecule has 0 N–H and O–H groups in total. The molecule has 3 amide bonds. The van der Waals surface area contributed by atoms with Crippen molar-refractivity contribution in [2.45, 2.75) is 12.6 Å². The number of ether oxygens (including phenoxy) is 1. The standard InChI is InChI=1S/C20H22N4O3/c1-27-18-7-3-2-6-17(18)19(25)22-9-10-24-16(13-22)14-23(20(24)26)12-15-5-4-8-21-11-15/h2-8,11,16H,9-10,12-14H2,1H3/t16-/m1/s1. The predicted molar refractivity (Wildman–Crippen MR) is 99.4 cm³/mol. The van der Waals surface area contributed by atoms with E-state index in [0.29, 0.717) is 44.0 Å². The van der Waals surface area contributed by atoms with Crippen LogP contribution in [-0.2, 0) is 6.54 Å². The van der Waals surface area contributed by atoms with Gasteiger partial charge in [0.2, 0.25) is 0 Å². The number of methoxy groups -OCH3 is 1. The summed E-state index contributed by atoms with van der Waals surface area (Å²) in [5.41, 5.74) is 1.57. The largest absolute Gasteiger partial charge is 0.496 e. The third-order valence-electron chi connectivity index (χ3n) is 5.15. The molecule has 4 rings (SSSR count). The molecule has 7 heteroatoms. The van der Waals surface area contributed by atoms with Gasteiger partial charge in [-0.25, -0.2) is 4.79 Å². The van der Waals surface area contributed by atoms with Crippen molar-refractivity contribution in [3.63, 3.8) is 0 Å². The average Bonchev–Trinajstić information content (AvgIpc) is 3.03. The first-order chi connectivity index (χ1) is 13.2. The van der Waals surface area contributed by atoms with Crippen LogP contribution in [0, 0.1) is 0 Å². The Morgan fingerprint density at radius 3 is 2.81 bits per heavy atom. The molecule has 2 aliphatic rings. The van der Waals surface area contributed by atoms with Gasteiger partial charge in [0.05, 0.1) is 18.7 Å². The second-order valence-corrected chi connectivity index (χ2v) is 6.82. The second-order valence-electron chi connectivity index (χ2n) is 6.82. The zero-order valence-corrected chi connectivity index (χ0v) is 15.2. The number of urea groups is 1. The Hall–Kier alpha value is -3.09. The van der Waals surface area contributed by atoms with Crippen molar-refractivity contribution in [2.24, 2.45) is 0 Å². The highest BCUT2D eigenvalue weighted by Crippen LogP contribution is 2.25. The Balaban J connectivity index is 1.45. The molecule has 0 saturated carbocycles. The maximum Gasteiger partial charge on any atom is 0.320 e. The van der Waals surface area contributed by atoms with Gasteiger partial charge in [0.15, 0.2) is 0 Å². The van der Waals surface area contributed by atoms with Crippen LogP contribution < -0.4 is 4.74 Å². The molecule has 1 aromatic heterocycles. The van der Waals surface area contributed by atoms with Gasteiger partial charge in [-0.15, -0.1) is 0 Å². The number of amides is 3. The van der Waals surface area contributed by atoms with Gasteiger partial charge in [-0.05, 0) is 23.8 Å². The van der Waals surface area contributed by atoms with Crippen molar-refractivity contribution in [3.05, 3.63) is 59.9 Å². The molecule has 2 fully saturated rings. The van der Waals surface area contributed by atoms with E-state index in [1.165, 1.54) is 0 Å². The molecule has 27 heavy (non-hydrogen) atoms. The first kappa shape index (κ1) is 17.3. The van der Waals surface area contributed by atoms with E-state index in [4.69, 9.17) is 4.74 Å². The van der Waals surface area contributed by atoms with Gasteiger partial charge in [-0.3, -0.25) is 9.78 Å². The number of carbonyl (C=O) groups is 2. The van der Waals surface area contributed by atoms with Gasteiger partial charge < -0.3 is 19.4 Å². The minimum atomic E-state index is -0.0507. The van der Waals surface area contributed by atoms with Crippen molar-refractivity contribution in [1.29, 1.82) is 0 Å². The van der Waals surface area contributed by atoms with E-state index in [1.54, 1.807) is 31.6 Å². The number of carbonyl (C=O) groups excluding carboxylic acids is 2. The number of fused-ring (bicyclic) bond motifs is 1. The lowest BCUT2D eigenvalue weighted by Gasteiger charge is -2.36. The maximum atomic E-state index is 12.9. The Morgan fingerprint density at radius 1 is 1.19 bits per heavy atom. The van der Waals surface area contributed by atoms with E-state index in [2.05, 4.69) is 4.98 Å². The normalized spacial score (nSPS) is 19.2. The summed E-state index contributed by atoms with van der Waals surface area (Å²) in [6, 6.07) is 11.1. The topological polar surface area (TPSA) is 66.0 Å². The molecule has 0 spiro atoms. The molecule has 0 bridgehead atoms. The minimum Gasteiger partial charge on any atom is -0.496 e. The molecule has 0 unspecified atom stereocenters. The summed E-state index contributed by atoms with van der Waals surface area (Å²) in [7, 11) is 1.57. The molecule has 140 valence electrons. The molecule has 1 atom stereocenters. The molecular weight excluding hydrogens is 344 g/mol. The third kappa shape index (κ3) is 3.32. The van der Waals surface area contributed by atoms with Crippen LogP contribution in [0.15, 0.2) is 48.8 Å². The van der Waals surface area contributed by atoms with Crippen LogP contribution in [-0.4, -0.2) is 71.0 Å². The summed E-state index contributed by atoms with van der Waals surface area (Å²) in [4.78, 5) is 35.3. The number of rotatable bonds is 4. The molecule has 2 saturated heterocycles. The SMILES string of the molecule is COc1ccccc1C(=O)N1CCN2C(=O)N(Cc3cccnc3)C[C@H]2C1. The monoisotopic (exact) mass is 366 g/mol. The van der Waals surface area contributed by atoms with Crippen LogP contribution >= 0.6 is 0 Å². The first-order valence-corrected chi connectivity index (χ1v) is 9.04. The number of pyridine rings is 1. The zero-order chi connectivity index (χ0) is 18.8. The zero-order valence-electron chi connectivity index (χ0n) is 15.2. The summed E-state index contributed by atoms with van der Waals surface area (Å²) < 4.78 is 5.32. The Labute approximate surface area is 158 Å². The molecule has 3 heterocycles. The van der Waals surface area contributed by atoms with Gasteiger partial charge in [-0.1, -0.05) is 18.2 Å². The molecule has 7 nitrogen and oxygen atoms in total. The van der Waals surface area contributed by atoms with Gasteiger partial charge in [0.25, 0.3) is 5.91 Å². The lowest BCUT2D eigenvalue weighted by atomic mass is 10.1. The number of hydrogen-bond acceptors (Lipinski definition) is 4. The number of piperazine rings is 1. The van der Waals surface area contributed by atoms with Crippen molar-refractivity contribution in [1.82, 2.24) is 19.7 Å². The Bertz CT molecular complexity index is 842. The summed E-state index contributed by atoms with van der Waals surface area (Å²) >= 11 is 0. The number of nitrogens with zero attached hydrogens (tertiary/aromatic N) is 4.